The monoisotopic (exact) mass is 348 g/mol. The molecule has 6 heteroatoms. The minimum Gasteiger partial charge on any atom is -0.331 e. The number of halogens is 1. The summed E-state index contributed by atoms with van der Waals surface area (Å²) in [5.74, 6) is 0.430. The summed E-state index contributed by atoms with van der Waals surface area (Å²) in [5, 5.41) is 1.12. The lowest BCUT2D eigenvalue weighted by Gasteiger charge is -2.25. The fourth-order valence-corrected chi connectivity index (χ4v) is 3.82. The minimum atomic E-state index is -1.24. The minimum absolute atomic E-state index is 0.430. The van der Waals surface area contributed by atoms with Crippen LogP contribution in [0.1, 0.15) is 5.56 Å². The van der Waals surface area contributed by atoms with Crippen LogP contribution in [0.15, 0.2) is 47.6 Å². The Morgan fingerprint density at radius 3 is 2.65 bits per heavy atom. The van der Waals surface area contributed by atoms with Gasteiger partial charge in [0, 0.05) is 10.6 Å². The van der Waals surface area contributed by atoms with Gasteiger partial charge in [0.15, 0.2) is 5.16 Å². The van der Waals surface area contributed by atoms with Gasteiger partial charge in [0.25, 0.3) is 0 Å². The molecule has 0 radical (unpaired) electrons. The van der Waals surface area contributed by atoms with E-state index in [0.717, 1.165) is 22.3 Å². The summed E-state index contributed by atoms with van der Waals surface area (Å²) in [5.41, 5.74) is 3.80. The molecule has 120 valence electrons. The Bertz CT molecular complexity index is 883. The summed E-state index contributed by atoms with van der Waals surface area (Å²) < 4.78 is 13.4. The van der Waals surface area contributed by atoms with Crippen LogP contribution in [0, 0.1) is 0 Å². The van der Waals surface area contributed by atoms with Crippen LogP contribution in [0.4, 0.5) is 5.69 Å². The van der Waals surface area contributed by atoms with Crippen LogP contribution in [-0.4, -0.2) is 35.3 Å². The molecule has 0 spiro atoms. The second-order valence-corrected chi connectivity index (χ2v) is 8.14. The number of nitrogens with zero attached hydrogens (tertiary/aromatic N) is 2. The van der Waals surface area contributed by atoms with Crippen molar-refractivity contribution in [1.82, 2.24) is 14.5 Å². The van der Waals surface area contributed by atoms with Gasteiger partial charge in [0.05, 0.1) is 48.7 Å². The molecule has 0 saturated carbocycles. The molecule has 0 saturated heterocycles. The molecule has 1 unspecified atom stereocenters. The van der Waals surface area contributed by atoms with Crippen LogP contribution in [0.25, 0.3) is 11.0 Å². The number of rotatable bonds is 4. The van der Waals surface area contributed by atoms with Crippen LogP contribution in [0.2, 0.25) is 5.02 Å². The van der Waals surface area contributed by atoms with E-state index in [9.17, 15) is 4.21 Å². The van der Waals surface area contributed by atoms with Gasteiger partial charge in [0.2, 0.25) is 0 Å². The Hall–Kier alpha value is -1.69. The number of nitrogens with one attached hydrogen (secondary N) is 1. The van der Waals surface area contributed by atoms with Gasteiger partial charge in [-0.05, 0) is 24.3 Å². The Kier molecular flexibility index (Phi) is 4.27. The molecule has 4 nitrogen and oxygen atoms in total. The molecular weight excluding hydrogens is 330 g/mol. The Morgan fingerprint density at radius 1 is 1.17 bits per heavy atom. The molecule has 23 heavy (non-hydrogen) atoms. The summed E-state index contributed by atoms with van der Waals surface area (Å²) in [4.78, 5) is 7.54. The van der Waals surface area contributed by atoms with Crippen molar-refractivity contribution in [3.05, 3.63) is 53.1 Å². The van der Waals surface area contributed by atoms with Crippen molar-refractivity contribution >= 4 is 39.1 Å². The SMILES string of the molecule is C[N+](C)(C)c1ccccc1CS(=O)c1nc2ccc(Cl)cc2[nH]1. The van der Waals surface area contributed by atoms with Gasteiger partial charge in [-0.3, -0.25) is 8.69 Å². The molecule has 0 aliphatic rings. The molecule has 1 heterocycles. The van der Waals surface area contributed by atoms with Gasteiger partial charge < -0.3 is 4.98 Å². The normalized spacial score (nSPS) is 13.4. The summed E-state index contributed by atoms with van der Waals surface area (Å²) in [6, 6.07) is 13.5. The van der Waals surface area contributed by atoms with Gasteiger partial charge in [-0.1, -0.05) is 29.8 Å². The van der Waals surface area contributed by atoms with Crippen molar-refractivity contribution in [3.8, 4) is 0 Å². The fourth-order valence-electron chi connectivity index (χ4n) is 2.56. The number of H-pyrrole nitrogens is 1. The molecule has 1 aromatic heterocycles. The first kappa shape index (κ1) is 16.2. The third-order valence-electron chi connectivity index (χ3n) is 3.64. The van der Waals surface area contributed by atoms with Crippen molar-refractivity contribution in [2.75, 3.05) is 21.1 Å². The number of aromatic amines is 1. The summed E-state index contributed by atoms with van der Waals surface area (Å²) >= 11 is 5.98. The summed E-state index contributed by atoms with van der Waals surface area (Å²) in [7, 11) is 5.07. The molecule has 3 aromatic rings. The second kappa shape index (κ2) is 6.07. The second-order valence-electron chi connectivity index (χ2n) is 6.33. The van der Waals surface area contributed by atoms with E-state index in [4.69, 9.17) is 11.6 Å². The first-order valence-electron chi connectivity index (χ1n) is 7.28. The van der Waals surface area contributed by atoms with Crippen molar-refractivity contribution < 1.29 is 4.21 Å². The Labute approximate surface area is 143 Å². The van der Waals surface area contributed by atoms with E-state index < -0.39 is 10.8 Å². The standard InChI is InChI=1S/C17H19ClN3OS/c1-21(2,3)16-7-5-4-6-12(16)11-23(22)17-19-14-9-8-13(18)10-15(14)20-17/h4-10H,11H2,1-3H3,(H,19,20)/q+1. The number of benzene rings is 2. The van der Waals surface area contributed by atoms with Gasteiger partial charge in [-0.15, -0.1) is 0 Å². The van der Waals surface area contributed by atoms with Gasteiger partial charge >= 0.3 is 0 Å². The van der Waals surface area contributed by atoms with Crippen LogP contribution < -0.4 is 4.48 Å². The number of hydrogen-bond acceptors (Lipinski definition) is 2. The number of para-hydroxylation sites is 1. The van der Waals surface area contributed by atoms with Gasteiger partial charge in [-0.2, -0.15) is 0 Å². The quantitative estimate of drug-likeness (QED) is 0.730. The van der Waals surface area contributed by atoms with Crippen molar-refractivity contribution in [1.29, 1.82) is 0 Å². The smallest absolute Gasteiger partial charge is 0.197 e. The highest BCUT2D eigenvalue weighted by atomic mass is 35.5. The third kappa shape index (κ3) is 3.47. The molecular formula is C17H19ClN3OS+. The summed E-state index contributed by atoms with van der Waals surface area (Å²) in [6.07, 6.45) is 0. The summed E-state index contributed by atoms with van der Waals surface area (Å²) in [6.45, 7) is 0. The number of quaternary nitrogens is 1. The molecule has 2 aromatic carbocycles. The zero-order valence-corrected chi connectivity index (χ0v) is 14.9. The van der Waals surface area contributed by atoms with Gasteiger partial charge in [0.1, 0.15) is 5.69 Å². The maximum Gasteiger partial charge on any atom is 0.197 e. The molecule has 0 amide bonds. The lowest BCUT2D eigenvalue weighted by Crippen LogP contribution is -2.35. The third-order valence-corrected chi connectivity index (χ3v) is 5.07. The van der Waals surface area contributed by atoms with Crippen LogP contribution in [-0.2, 0) is 16.6 Å². The van der Waals surface area contributed by atoms with E-state index in [1.54, 1.807) is 12.1 Å². The number of imidazole rings is 1. The van der Waals surface area contributed by atoms with E-state index in [2.05, 4.69) is 37.2 Å². The lowest BCUT2D eigenvalue weighted by atomic mass is 10.2. The van der Waals surface area contributed by atoms with Gasteiger partial charge in [-0.25, -0.2) is 4.98 Å². The molecule has 0 fully saturated rings. The molecule has 0 bridgehead atoms. The van der Waals surface area contributed by atoms with Crippen LogP contribution in [0.3, 0.4) is 0 Å². The topological polar surface area (TPSA) is 45.8 Å². The van der Waals surface area contributed by atoms with Crippen molar-refractivity contribution in [2.24, 2.45) is 0 Å². The van der Waals surface area contributed by atoms with Crippen molar-refractivity contribution in [2.45, 2.75) is 10.9 Å². The number of hydrogen-bond donors (Lipinski definition) is 1. The maximum absolute atomic E-state index is 12.7. The maximum atomic E-state index is 12.7. The average molecular weight is 349 g/mol. The van der Waals surface area contributed by atoms with E-state index >= 15 is 0 Å². The zero-order valence-electron chi connectivity index (χ0n) is 13.3. The van der Waals surface area contributed by atoms with E-state index in [0.29, 0.717) is 20.4 Å². The molecule has 0 aliphatic heterocycles. The fraction of sp³-hybridized carbons (Fsp3) is 0.235. The van der Waals surface area contributed by atoms with Crippen LogP contribution in [0.5, 0.6) is 0 Å². The molecule has 0 aliphatic carbocycles. The van der Waals surface area contributed by atoms with Crippen molar-refractivity contribution in [3.63, 3.8) is 0 Å². The predicted octanol–water partition coefficient (Wildman–Crippen LogP) is 3.72. The molecule has 1 atom stereocenters. The van der Waals surface area contributed by atoms with Crippen LogP contribution >= 0.6 is 11.6 Å². The first-order chi connectivity index (χ1) is 10.8. The highest BCUT2D eigenvalue weighted by molar-refractivity contribution is 7.84. The average Bonchev–Trinajstić information content (AvgIpc) is 2.89. The van der Waals surface area contributed by atoms with E-state index in [1.807, 2.05) is 24.3 Å². The highest BCUT2D eigenvalue weighted by Gasteiger charge is 2.20. The number of aromatic nitrogens is 2. The first-order valence-corrected chi connectivity index (χ1v) is 8.98. The Morgan fingerprint density at radius 2 is 1.91 bits per heavy atom. The van der Waals surface area contributed by atoms with E-state index in [-0.39, 0.29) is 0 Å². The molecule has 1 N–H and O–H groups in total. The Balaban J connectivity index is 1.92. The number of fused-ring (bicyclic) bond motifs is 1. The zero-order chi connectivity index (χ0) is 16.6. The predicted molar refractivity (Wildman–Crippen MR) is 97.2 cm³/mol. The van der Waals surface area contributed by atoms with E-state index in [1.165, 1.54) is 0 Å². The highest BCUT2D eigenvalue weighted by Crippen LogP contribution is 2.25. The largest absolute Gasteiger partial charge is 0.331 e. The molecule has 3 rings (SSSR count). The lowest BCUT2D eigenvalue weighted by molar-refractivity contribution is 0.483.